The number of anilines is 1. The fourth-order valence-electron chi connectivity index (χ4n) is 3.23. The molecule has 0 atom stereocenters. The second kappa shape index (κ2) is 10.8. The number of hydrogen-bond donors (Lipinski definition) is 1. The molecule has 4 rings (SSSR count). The first kappa shape index (κ1) is 23.2. The zero-order valence-electron chi connectivity index (χ0n) is 18.8. The predicted molar refractivity (Wildman–Crippen MR) is 130 cm³/mol. The standard InChI is InChI=1S/C25H24N2O6S/c1-3-30-25(28)33-21-12-27-24(26)22-17(15-34-23(21)22)14-32-20-6-4-5-19(11-20)31-13-16-7-9-18(29-2)10-8-16/h4-12,15H,3,13-14H2,1-2H3,(H2,26,27). The first-order valence-corrected chi connectivity index (χ1v) is 11.4. The summed E-state index contributed by atoms with van der Waals surface area (Å²) in [5, 5.41) is 2.60. The van der Waals surface area contributed by atoms with Crippen molar-refractivity contribution in [2.75, 3.05) is 19.5 Å². The van der Waals surface area contributed by atoms with Gasteiger partial charge in [0.2, 0.25) is 0 Å². The highest BCUT2D eigenvalue weighted by Crippen LogP contribution is 2.37. The monoisotopic (exact) mass is 480 g/mol. The number of benzene rings is 2. The van der Waals surface area contributed by atoms with Gasteiger partial charge in [-0.2, -0.15) is 0 Å². The number of hydrogen-bond acceptors (Lipinski definition) is 9. The van der Waals surface area contributed by atoms with E-state index >= 15 is 0 Å². The van der Waals surface area contributed by atoms with Gasteiger partial charge in [0.05, 0.1) is 24.6 Å². The lowest BCUT2D eigenvalue weighted by Gasteiger charge is -2.10. The largest absolute Gasteiger partial charge is 0.513 e. The SMILES string of the molecule is CCOC(=O)Oc1cnc(N)c2c(COc3cccc(OCc4ccc(OC)cc4)c3)csc12. The van der Waals surface area contributed by atoms with Crippen LogP contribution in [0.5, 0.6) is 23.0 Å². The summed E-state index contributed by atoms with van der Waals surface area (Å²) in [5.41, 5.74) is 7.97. The molecule has 0 amide bonds. The first-order valence-electron chi connectivity index (χ1n) is 10.5. The molecule has 9 heteroatoms. The smallest absolute Gasteiger partial charge is 0.497 e. The average Bonchev–Trinajstić information content (AvgIpc) is 3.29. The summed E-state index contributed by atoms with van der Waals surface area (Å²) in [6.07, 6.45) is 0.632. The molecule has 2 N–H and O–H groups in total. The van der Waals surface area contributed by atoms with Crippen molar-refractivity contribution in [2.45, 2.75) is 20.1 Å². The molecule has 0 unspecified atom stereocenters. The highest BCUT2D eigenvalue weighted by molar-refractivity contribution is 7.17. The maximum absolute atomic E-state index is 11.7. The molecule has 2 aromatic heterocycles. The number of aromatic nitrogens is 1. The minimum absolute atomic E-state index is 0.219. The van der Waals surface area contributed by atoms with Gasteiger partial charge in [0.25, 0.3) is 0 Å². The maximum Gasteiger partial charge on any atom is 0.513 e. The van der Waals surface area contributed by atoms with Gasteiger partial charge in [0.1, 0.15) is 36.3 Å². The van der Waals surface area contributed by atoms with Crippen molar-refractivity contribution in [1.29, 1.82) is 0 Å². The van der Waals surface area contributed by atoms with Gasteiger partial charge in [-0.05, 0) is 42.1 Å². The third-order valence-electron chi connectivity index (χ3n) is 4.89. The van der Waals surface area contributed by atoms with E-state index in [1.54, 1.807) is 14.0 Å². The molecule has 4 aromatic rings. The van der Waals surface area contributed by atoms with Crippen LogP contribution in [0.1, 0.15) is 18.1 Å². The van der Waals surface area contributed by atoms with Gasteiger partial charge in [0, 0.05) is 17.0 Å². The molecule has 0 spiro atoms. The van der Waals surface area contributed by atoms with Crippen LogP contribution in [0.4, 0.5) is 10.6 Å². The summed E-state index contributed by atoms with van der Waals surface area (Å²) in [6.45, 7) is 2.61. The van der Waals surface area contributed by atoms with Crippen LogP contribution in [0, 0.1) is 0 Å². The molecule has 0 saturated carbocycles. The molecule has 0 radical (unpaired) electrons. The molecular weight excluding hydrogens is 456 g/mol. The van der Waals surface area contributed by atoms with E-state index in [1.807, 2.05) is 53.9 Å². The van der Waals surface area contributed by atoms with Crippen molar-refractivity contribution in [3.63, 3.8) is 0 Å². The third kappa shape index (κ3) is 5.49. The Balaban J connectivity index is 1.43. The van der Waals surface area contributed by atoms with E-state index in [9.17, 15) is 4.79 Å². The Labute approximate surface area is 200 Å². The average molecular weight is 481 g/mol. The fraction of sp³-hybridized carbons (Fsp3) is 0.200. The van der Waals surface area contributed by atoms with Gasteiger partial charge in [0.15, 0.2) is 5.75 Å². The highest BCUT2D eigenvalue weighted by Gasteiger charge is 2.17. The van der Waals surface area contributed by atoms with E-state index in [1.165, 1.54) is 17.5 Å². The van der Waals surface area contributed by atoms with Crippen LogP contribution in [-0.4, -0.2) is 24.9 Å². The lowest BCUT2D eigenvalue weighted by atomic mass is 10.2. The number of rotatable bonds is 9. The van der Waals surface area contributed by atoms with Crippen LogP contribution >= 0.6 is 11.3 Å². The third-order valence-corrected chi connectivity index (χ3v) is 5.93. The first-order chi connectivity index (χ1) is 16.6. The number of thiophene rings is 1. The molecule has 2 aromatic carbocycles. The van der Waals surface area contributed by atoms with Crippen molar-refractivity contribution in [3.8, 4) is 23.0 Å². The fourth-order valence-corrected chi connectivity index (χ4v) is 4.24. The summed E-state index contributed by atoms with van der Waals surface area (Å²) in [5.74, 6) is 2.78. The van der Waals surface area contributed by atoms with Crippen LogP contribution < -0.4 is 24.7 Å². The Morgan fingerprint density at radius 3 is 2.47 bits per heavy atom. The topological polar surface area (TPSA) is 102 Å². The Morgan fingerprint density at radius 1 is 1.03 bits per heavy atom. The van der Waals surface area contributed by atoms with Crippen molar-refractivity contribution in [2.24, 2.45) is 0 Å². The van der Waals surface area contributed by atoms with E-state index in [-0.39, 0.29) is 13.2 Å². The Kier molecular flexibility index (Phi) is 7.34. The van der Waals surface area contributed by atoms with Crippen LogP contribution in [0.25, 0.3) is 10.1 Å². The molecule has 0 bridgehead atoms. The van der Waals surface area contributed by atoms with Crippen molar-refractivity contribution in [3.05, 3.63) is 71.2 Å². The molecule has 0 saturated heterocycles. The van der Waals surface area contributed by atoms with E-state index in [4.69, 9.17) is 29.4 Å². The van der Waals surface area contributed by atoms with Crippen LogP contribution in [0.3, 0.4) is 0 Å². The number of fused-ring (bicyclic) bond motifs is 1. The summed E-state index contributed by atoms with van der Waals surface area (Å²) in [7, 11) is 1.64. The quantitative estimate of drug-likeness (QED) is 0.310. The minimum Gasteiger partial charge on any atom is -0.497 e. The molecule has 0 aliphatic heterocycles. The summed E-state index contributed by atoms with van der Waals surface area (Å²) < 4.78 is 27.9. The Bertz CT molecular complexity index is 1270. The number of nitrogens with zero attached hydrogens (tertiary/aromatic N) is 1. The van der Waals surface area contributed by atoms with Crippen molar-refractivity contribution >= 4 is 33.4 Å². The molecular formula is C25H24N2O6S. The molecule has 34 heavy (non-hydrogen) atoms. The van der Waals surface area contributed by atoms with Gasteiger partial charge in [-0.3, -0.25) is 0 Å². The lowest BCUT2D eigenvalue weighted by Crippen LogP contribution is -2.10. The van der Waals surface area contributed by atoms with E-state index in [0.717, 1.165) is 16.9 Å². The second-order valence-electron chi connectivity index (χ2n) is 7.16. The Morgan fingerprint density at radius 2 is 1.76 bits per heavy atom. The number of methoxy groups -OCH3 is 1. The minimum atomic E-state index is -0.784. The van der Waals surface area contributed by atoms with E-state index in [0.29, 0.717) is 39.8 Å². The summed E-state index contributed by atoms with van der Waals surface area (Å²) in [4.78, 5) is 15.9. The number of nitrogen functional groups attached to an aromatic ring is 1. The number of ether oxygens (including phenoxy) is 5. The predicted octanol–water partition coefficient (Wildman–Crippen LogP) is 5.58. The number of carbonyl (C=O) groups excluding carboxylic acids is 1. The van der Waals surface area contributed by atoms with Crippen molar-refractivity contribution < 1.29 is 28.5 Å². The van der Waals surface area contributed by atoms with Gasteiger partial charge in [-0.15, -0.1) is 11.3 Å². The molecule has 0 aliphatic rings. The molecule has 0 fully saturated rings. The lowest BCUT2D eigenvalue weighted by molar-refractivity contribution is 0.105. The zero-order chi connectivity index (χ0) is 23.9. The number of carbonyl (C=O) groups is 1. The maximum atomic E-state index is 11.7. The van der Waals surface area contributed by atoms with E-state index in [2.05, 4.69) is 4.98 Å². The summed E-state index contributed by atoms with van der Waals surface area (Å²) >= 11 is 1.40. The van der Waals surface area contributed by atoms with E-state index < -0.39 is 6.16 Å². The zero-order valence-corrected chi connectivity index (χ0v) is 19.6. The van der Waals surface area contributed by atoms with Crippen LogP contribution in [0.2, 0.25) is 0 Å². The van der Waals surface area contributed by atoms with Crippen LogP contribution in [0.15, 0.2) is 60.1 Å². The molecule has 0 aliphatic carbocycles. The highest BCUT2D eigenvalue weighted by atomic mass is 32.1. The van der Waals surface area contributed by atoms with Crippen LogP contribution in [-0.2, 0) is 18.0 Å². The second-order valence-corrected chi connectivity index (χ2v) is 8.04. The number of pyridine rings is 1. The normalized spacial score (nSPS) is 10.6. The van der Waals surface area contributed by atoms with Gasteiger partial charge in [-0.25, -0.2) is 9.78 Å². The Hall–Kier alpha value is -3.98. The molecule has 176 valence electrons. The van der Waals surface area contributed by atoms with Crippen molar-refractivity contribution in [1.82, 2.24) is 4.98 Å². The molecule has 8 nitrogen and oxygen atoms in total. The van der Waals surface area contributed by atoms with Gasteiger partial charge >= 0.3 is 6.16 Å². The number of nitrogens with two attached hydrogens (primary N) is 1. The summed E-state index contributed by atoms with van der Waals surface area (Å²) in [6, 6.07) is 15.1. The van der Waals surface area contributed by atoms with Gasteiger partial charge in [-0.1, -0.05) is 18.2 Å². The molecule has 2 heterocycles. The van der Waals surface area contributed by atoms with Gasteiger partial charge < -0.3 is 29.4 Å².